The van der Waals surface area contributed by atoms with Gasteiger partial charge < -0.3 is 72.2 Å². The molecule has 2 aliphatic carbocycles. The molecule has 21 N–H and O–H groups in total. The Labute approximate surface area is 775 Å². The summed E-state index contributed by atoms with van der Waals surface area (Å²) in [6.45, 7) is 7.47. The number of carbonyl (C=O) groups excluding carboxylic acids is 8. The van der Waals surface area contributed by atoms with Gasteiger partial charge in [-0.3, -0.25) is 38.4 Å². The maximum absolute atomic E-state index is 12.7. The highest BCUT2D eigenvalue weighted by molar-refractivity contribution is 6.06. The largest absolute Gasteiger partial charge is 0.408 e. The summed E-state index contributed by atoms with van der Waals surface area (Å²) in [5.74, 6) is -3.23. The van der Waals surface area contributed by atoms with E-state index in [0.29, 0.717) is 93.2 Å². The molecule has 0 aliphatic heterocycles. The Morgan fingerprint density at radius 3 is 1.04 bits per heavy atom. The summed E-state index contributed by atoms with van der Waals surface area (Å²) in [7, 11) is 0. The molecule has 8 amide bonds. The number of aliphatic hydroxyl groups is 1. The molecule has 4 aromatic heterocycles. The summed E-state index contributed by atoms with van der Waals surface area (Å²) in [6.07, 6.45) is -1.20. The van der Waals surface area contributed by atoms with Crippen LogP contribution in [0.1, 0.15) is 206 Å². The SMILES string of the molecule is C.C.C.C.Cc1ccccc1C(=O)NCc1ccc(-c2nn(-c3ccccc3)c(N)c2C(N)=O)cc1.Cc1ccccc1C(=O)NCc1ccc(-c2nn(C3CCC(O)C3)c(N)c2C(N)=O)cc1.Cc1ccccc1C(=O)NCc1ccc(-c2nn(C3CCc4ccccc43)c(N)c2C(N)=O)cc1.Cc1ccccc1C(=O)NCc1ccc(-c2nn(CC(F)(F)F)c(N)c2C(N)=O)cc1. The van der Waals surface area contributed by atoms with Crippen LogP contribution in [0.25, 0.3) is 50.7 Å². The number of fused-ring (bicyclic) bond motifs is 1. The lowest BCUT2D eigenvalue weighted by Crippen LogP contribution is -2.23. The van der Waals surface area contributed by atoms with Crippen LogP contribution in [0.5, 0.6) is 0 Å². The predicted molar refractivity (Wildman–Crippen MR) is 518 cm³/mol. The standard InChI is InChI=1S/C28H27N5O2.C25H23N5O2.C24H27N5O3.C21H20F3N5O2.4CH4/c1-17-6-2-4-8-21(17)28(35)31-16-18-10-12-20(13-11-18)25-24(27(30)34)26(29)33(32-25)23-15-14-19-7-3-5-9-22(19)23;1-16-7-5-6-10-20(16)25(32)28-15-17-11-13-18(14-12-17)22-21(24(27)31)23(26)30(29-22)19-8-3-2-4-9-19;1-14-4-2-3-5-19(14)24(32)27-13-15-6-8-16(9-7-15)21-20(23(26)31)22(25)29(28-21)17-10-11-18(30)12-17;1-12-4-2-3-5-15(12)20(31)27-10-13-6-8-14(9-7-13)17-16(19(26)30)18(25)29(28-17)11-21(22,23)24;;;;/h2-13,23H,14-16,29H2,1H3,(H2,30,34)(H,31,35);2-14H,15,26H2,1H3,(H2,27,31)(H,28,32);2-9,17-18,30H,10-13,25H2,1H3,(H2,26,31)(H,27,32);2-9H,10-11,25H2,1H3,(H2,26,30)(H,27,31);4*1H4. The van der Waals surface area contributed by atoms with Crippen LogP contribution in [-0.2, 0) is 39.1 Å². The number of benzene rings is 10. The number of rotatable bonds is 24. The maximum atomic E-state index is 12.7. The number of nitrogen functional groups attached to an aromatic ring is 4. The highest BCUT2D eigenvalue weighted by Gasteiger charge is 2.35. The summed E-state index contributed by atoms with van der Waals surface area (Å²) < 4.78 is 43.6. The molecule has 696 valence electrons. The quantitative estimate of drug-likeness (QED) is 0.0267. The Morgan fingerprint density at radius 1 is 0.373 bits per heavy atom. The molecule has 3 unspecified atom stereocenters. The maximum Gasteiger partial charge on any atom is 0.408 e. The second kappa shape index (κ2) is 44.9. The van der Waals surface area contributed by atoms with Crippen molar-refractivity contribution in [2.75, 3.05) is 22.9 Å². The van der Waals surface area contributed by atoms with Gasteiger partial charge in [-0.25, -0.2) is 18.7 Å². The molecular weight excluding hydrogens is 1710 g/mol. The zero-order valence-corrected chi connectivity index (χ0v) is 71.5. The highest BCUT2D eigenvalue weighted by atomic mass is 19.4. The molecule has 14 aromatic rings. The van der Waals surface area contributed by atoms with Gasteiger partial charge in [0.1, 0.15) is 74.8 Å². The second-order valence-corrected chi connectivity index (χ2v) is 31.5. The van der Waals surface area contributed by atoms with Crippen molar-refractivity contribution >= 4 is 70.5 Å². The Kier molecular flexibility index (Phi) is 34.0. The lowest BCUT2D eigenvalue weighted by atomic mass is 10.0. The average Bonchev–Trinajstić information content (AvgIpc) is 1.61. The van der Waals surface area contributed by atoms with Crippen molar-refractivity contribution in [3.8, 4) is 50.7 Å². The van der Waals surface area contributed by atoms with E-state index < -0.39 is 48.3 Å². The molecule has 0 bridgehead atoms. The number of halogens is 3. The van der Waals surface area contributed by atoms with Gasteiger partial charge in [-0.15, -0.1) is 0 Å². The fourth-order valence-corrected chi connectivity index (χ4v) is 15.6. The van der Waals surface area contributed by atoms with Crippen LogP contribution >= 0.6 is 0 Å². The molecule has 0 spiro atoms. The molecule has 32 heteroatoms. The third kappa shape index (κ3) is 23.7. The molecule has 3 atom stereocenters. The van der Waals surface area contributed by atoms with Crippen LogP contribution in [0.15, 0.2) is 249 Å². The number of primary amides is 4. The molecule has 1 saturated carbocycles. The molecule has 134 heavy (non-hydrogen) atoms. The highest BCUT2D eigenvalue weighted by Crippen LogP contribution is 2.41. The van der Waals surface area contributed by atoms with Crippen molar-refractivity contribution < 1.29 is 56.6 Å². The van der Waals surface area contributed by atoms with E-state index in [9.17, 15) is 56.6 Å². The van der Waals surface area contributed by atoms with Gasteiger partial charge >= 0.3 is 6.18 Å². The van der Waals surface area contributed by atoms with Crippen LogP contribution in [0, 0.1) is 27.7 Å². The van der Waals surface area contributed by atoms with Crippen molar-refractivity contribution in [1.29, 1.82) is 0 Å². The molecule has 16 rings (SSSR count). The number of carbonyl (C=O) groups is 8. The van der Waals surface area contributed by atoms with Gasteiger partial charge in [-0.2, -0.15) is 33.6 Å². The number of aliphatic hydroxyl groups excluding tert-OH is 1. The van der Waals surface area contributed by atoms with Crippen molar-refractivity contribution in [2.45, 2.75) is 147 Å². The predicted octanol–water partition coefficient (Wildman–Crippen LogP) is 15.6. The van der Waals surface area contributed by atoms with E-state index in [1.807, 2.05) is 216 Å². The van der Waals surface area contributed by atoms with Gasteiger partial charge in [0.05, 0.1) is 23.9 Å². The monoisotopic (exact) mass is 1820 g/mol. The fourth-order valence-electron chi connectivity index (χ4n) is 15.6. The Bertz CT molecular complexity index is 6550. The molecule has 2 aliphatic rings. The molecule has 0 saturated heterocycles. The number of anilines is 4. The topological polar surface area (TPSA) is 484 Å². The van der Waals surface area contributed by atoms with Crippen molar-refractivity contribution in [3.63, 3.8) is 0 Å². The number of hydrogen-bond donors (Lipinski definition) is 13. The first-order valence-electron chi connectivity index (χ1n) is 41.6. The van der Waals surface area contributed by atoms with Gasteiger partial charge in [0.2, 0.25) is 0 Å². The molecule has 4 heterocycles. The third-order valence-electron chi connectivity index (χ3n) is 22.5. The van der Waals surface area contributed by atoms with E-state index in [2.05, 4.69) is 48.7 Å². The van der Waals surface area contributed by atoms with Crippen molar-refractivity contribution in [1.82, 2.24) is 60.4 Å². The van der Waals surface area contributed by atoms with E-state index in [0.717, 1.165) is 75.0 Å². The number of hydrogen-bond acceptors (Lipinski definition) is 17. The van der Waals surface area contributed by atoms with Gasteiger partial charge in [0.15, 0.2) is 0 Å². The zero-order valence-electron chi connectivity index (χ0n) is 71.5. The second-order valence-electron chi connectivity index (χ2n) is 31.5. The number of nitrogens with two attached hydrogens (primary N) is 8. The number of nitrogens with zero attached hydrogens (tertiary/aromatic N) is 8. The Morgan fingerprint density at radius 2 is 0.687 bits per heavy atom. The summed E-state index contributed by atoms with van der Waals surface area (Å²) in [5, 5.41) is 39.2. The smallest absolute Gasteiger partial charge is 0.393 e. The fraction of sp³-hybridized carbons (Fsp3) is 0.216. The van der Waals surface area contributed by atoms with Crippen molar-refractivity contribution in [3.05, 3.63) is 349 Å². The minimum atomic E-state index is -4.56. The van der Waals surface area contributed by atoms with E-state index in [-0.39, 0.29) is 117 Å². The molecule has 0 radical (unpaired) electrons. The summed E-state index contributed by atoms with van der Waals surface area (Å²) in [5.41, 5.74) is 63.6. The molecule has 29 nitrogen and oxygen atoms in total. The summed E-state index contributed by atoms with van der Waals surface area (Å²) >= 11 is 0. The third-order valence-corrected chi connectivity index (χ3v) is 22.5. The van der Waals surface area contributed by atoms with Crippen LogP contribution in [0.4, 0.5) is 36.4 Å². The minimum Gasteiger partial charge on any atom is -0.393 e. The Balaban J connectivity index is 0.000000199. The number of alkyl halides is 3. The minimum absolute atomic E-state index is 0. The lowest BCUT2D eigenvalue weighted by molar-refractivity contribution is -0.142. The summed E-state index contributed by atoms with van der Waals surface area (Å²) in [4.78, 5) is 98.0. The Hall–Kier alpha value is -16.3. The van der Waals surface area contributed by atoms with Gasteiger partial charge in [-0.1, -0.05) is 242 Å². The number of amides is 8. The normalized spacial score (nSPS) is 13.2. The molecular formula is C102H113F3N20O9. The number of aryl methyl sites for hydroxylation is 5. The van der Waals surface area contributed by atoms with E-state index in [1.54, 1.807) is 57.9 Å². The molecule has 1 fully saturated rings. The lowest BCUT2D eigenvalue weighted by Gasteiger charge is -2.14. The zero-order chi connectivity index (χ0) is 92.8. The number of para-hydroxylation sites is 1. The van der Waals surface area contributed by atoms with Crippen LogP contribution in [-0.4, -0.2) is 104 Å². The van der Waals surface area contributed by atoms with Crippen LogP contribution in [0.3, 0.4) is 0 Å². The van der Waals surface area contributed by atoms with Gasteiger partial charge in [0, 0.05) is 70.7 Å². The average molecular weight is 1820 g/mol. The van der Waals surface area contributed by atoms with Crippen LogP contribution < -0.4 is 67.1 Å². The van der Waals surface area contributed by atoms with Crippen LogP contribution in [0.2, 0.25) is 0 Å². The first-order valence-corrected chi connectivity index (χ1v) is 41.6. The molecule has 10 aromatic carbocycles. The van der Waals surface area contributed by atoms with E-state index in [4.69, 9.17) is 51.0 Å². The van der Waals surface area contributed by atoms with E-state index in [1.165, 1.54) is 15.8 Å². The summed E-state index contributed by atoms with van der Waals surface area (Å²) in [6, 6.07) is 75.8. The number of nitrogens with one attached hydrogen (secondary N) is 4. The first kappa shape index (κ1) is 101. The van der Waals surface area contributed by atoms with E-state index >= 15 is 0 Å². The van der Waals surface area contributed by atoms with Gasteiger partial charge in [0.25, 0.3) is 47.3 Å². The number of aromatic nitrogens is 8. The van der Waals surface area contributed by atoms with Gasteiger partial charge in [-0.05, 0) is 152 Å². The first-order chi connectivity index (χ1) is 62.3. The van der Waals surface area contributed by atoms with Crippen molar-refractivity contribution in [2.24, 2.45) is 22.9 Å².